The third kappa shape index (κ3) is 5.99. The molecule has 0 aliphatic heterocycles. The average Bonchev–Trinajstić information content (AvgIpc) is 2.99. The summed E-state index contributed by atoms with van der Waals surface area (Å²) < 4.78 is 35.8. The van der Waals surface area contributed by atoms with E-state index in [-0.39, 0.29) is 6.42 Å². The molecule has 0 unspecified atom stereocenters. The lowest BCUT2D eigenvalue weighted by atomic mass is 10.2. The predicted molar refractivity (Wildman–Crippen MR) is 83.3 cm³/mol. The Morgan fingerprint density at radius 2 is 1.79 bits per heavy atom. The van der Waals surface area contributed by atoms with E-state index < -0.39 is 31.1 Å². The summed E-state index contributed by atoms with van der Waals surface area (Å²) in [6.45, 7) is -1.93. The molecule has 2 rings (SSSR count). The first-order valence-electron chi connectivity index (χ1n) is 6.93. The van der Waals surface area contributed by atoms with Crippen molar-refractivity contribution in [1.82, 2.24) is 15.6 Å². The Bertz CT molecular complexity index is 701. The monoisotopic (exact) mass is 357 g/mol. The van der Waals surface area contributed by atoms with E-state index >= 15 is 0 Å². The highest BCUT2D eigenvalue weighted by Gasteiger charge is 2.27. The predicted octanol–water partition coefficient (Wildman–Crippen LogP) is 2.15. The summed E-state index contributed by atoms with van der Waals surface area (Å²) in [6, 6.07) is 9.43. The minimum absolute atomic E-state index is 0.0457. The lowest BCUT2D eigenvalue weighted by molar-refractivity contribution is -0.138. The molecule has 0 radical (unpaired) electrons. The normalized spacial score (nSPS) is 11.1. The zero-order valence-electron chi connectivity index (χ0n) is 12.4. The van der Waals surface area contributed by atoms with Crippen LogP contribution < -0.4 is 10.6 Å². The molecule has 24 heavy (non-hydrogen) atoms. The summed E-state index contributed by atoms with van der Waals surface area (Å²) in [5, 5.41) is 6.43. The number of carbonyl (C=O) groups is 2. The van der Waals surface area contributed by atoms with Crippen molar-refractivity contribution in [2.45, 2.75) is 12.6 Å². The molecule has 2 amide bonds. The van der Waals surface area contributed by atoms with Crippen LogP contribution >= 0.6 is 11.3 Å². The number of halogens is 3. The van der Waals surface area contributed by atoms with Gasteiger partial charge in [0.25, 0.3) is 0 Å². The maximum absolute atomic E-state index is 11.9. The Morgan fingerprint density at radius 1 is 1.08 bits per heavy atom. The van der Waals surface area contributed by atoms with Crippen molar-refractivity contribution in [3.8, 4) is 10.6 Å². The molecule has 2 N–H and O–H groups in total. The van der Waals surface area contributed by atoms with Gasteiger partial charge in [-0.1, -0.05) is 30.3 Å². The van der Waals surface area contributed by atoms with Crippen molar-refractivity contribution < 1.29 is 22.8 Å². The van der Waals surface area contributed by atoms with E-state index in [4.69, 9.17) is 0 Å². The quantitative estimate of drug-likeness (QED) is 0.832. The van der Waals surface area contributed by atoms with Crippen molar-refractivity contribution in [1.29, 1.82) is 0 Å². The molecular formula is C15H14F3N3O2S. The molecule has 9 heteroatoms. The van der Waals surface area contributed by atoms with Gasteiger partial charge >= 0.3 is 6.18 Å². The van der Waals surface area contributed by atoms with Gasteiger partial charge in [0, 0.05) is 10.9 Å². The van der Waals surface area contributed by atoms with Gasteiger partial charge < -0.3 is 10.6 Å². The van der Waals surface area contributed by atoms with E-state index in [1.165, 1.54) is 11.3 Å². The minimum Gasteiger partial charge on any atom is -0.347 e. The first-order chi connectivity index (χ1) is 11.3. The Balaban J connectivity index is 1.79. The van der Waals surface area contributed by atoms with Gasteiger partial charge in [-0.05, 0) is 0 Å². The second-order valence-corrected chi connectivity index (χ2v) is 5.71. The number of carbonyl (C=O) groups excluding carboxylic acids is 2. The highest BCUT2D eigenvalue weighted by Crippen LogP contribution is 2.23. The largest absolute Gasteiger partial charge is 0.405 e. The Hall–Kier alpha value is -2.42. The van der Waals surface area contributed by atoms with Crippen LogP contribution in [0.3, 0.4) is 0 Å². The van der Waals surface area contributed by atoms with Gasteiger partial charge in [-0.2, -0.15) is 13.2 Å². The second kappa shape index (κ2) is 7.91. The van der Waals surface area contributed by atoms with Crippen LogP contribution in [0.1, 0.15) is 5.69 Å². The van der Waals surface area contributed by atoms with Crippen LogP contribution in [-0.4, -0.2) is 36.1 Å². The molecule has 2 aromatic rings. The molecule has 0 saturated heterocycles. The third-order valence-electron chi connectivity index (χ3n) is 2.85. The summed E-state index contributed by atoms with van der Waals surface area (Å²) in [5.74, 6) is -1.38. The number of nitrogens with zero attached hydrogens (tertiary/aromatic N) is 1. The fourth-order valence-electron chi connectivity index (χ4n) is 1.77. The summed E-state index contributed by atoms with van der Waals surface area (Å²) >= 11 is 1.38. The van der Waals surface area contributed by atoms with Gasteiger partial charge in [0.05, 0.1) is 18.7 Å². The van der Waals surface area contributed by atoms with Crippen LogP contribution in [0, 0.1) is 0 Å². The number of alkyl halides is 3. The van der Waals surface area contributed by atoms with Gasteiger partial charge in [-0.3, -0.25) is 9.59 Å². The Morgan fingerprint density at radius 3 is 2.46 bits per heavy atom. The lowest BCUT2D eigenvalue weighted by Gasteiger charge is -2.08. The molecule has 1 aromatic heterocycles. The first kappa shape index (κ1) is 17.9. The highest BCUT2D eigenvalue weighted by atomic mass is 32.1. The van der Waals surface area contributed by atoms with Gasteiger partial charge in [0.2, 0.25) is 11.8 Å². The van der Waals surface area contributed by atoms with E-state index in [2.05, 4.69) is 10.3 Å². The van der Waals surface area contributed by atoms with Crippen LogP contribution in [0.15, 0.2) is 35.7 Å². The third-order valence-corrected chi connectivity index (χ3v) is 3.79. The zero-order valence-corrected chi connectivity index (χ0v) is 13.2. The molecule has 0 saturated carbocycles. The van der Waals surface area contributed by atoms with Crippen LogP contribution in [0.25, 0.3) is 10.6 Å². The standard InChI is InChI=1S/C15H14F3N3O2S/c16-15(17,18)9-20-13(23)7-19-12(22)6-11-8-24-14(21-11)10-4-2-1-3-5-10/h1-5,8H,6-7,9H2,(H,19,22)(H,20,23). The molecule has 0 aliphatic carbocycles. The Kier molecular flexibility index (Phi) is 5.91. The Labute approximate surface area is 139 Å². The van der Waals surface area contributed by atoms with Crippen molar-refractivity contribution in [3.05, 3.63) is 41.4 Å². The molecule has 5 nitrogen and oxygen atoms in total. The summed E-state index contributed by atoms with van der Waals surface area (Å²) in [6.07, 6.45) is -4.52. The van der Waals surface area contributed by atoms with Crippen LogP contribution in [-0.2, 0) is 16.0 Å². The van der Waals surface area contributed by atoms with Crippen molar-refractivity contribution in [2.24, 2.45) is 0 Å². The van der Waals surface area contributed by atoms with Crippen molar-refractivity contribution in [2.75, 3.05) is 13.1 Å². The van der Waals surface area contributed by atoms with Gasteiger partial charge in [-0.25, -0.2) is 4.98 Å². The number of hydrogen-bond donors (Lipinski definition) is 2. The first-order valence-corrected chi connectivity index (χ1v) is 7.81. The molecule has 0 aliphatic rings. The van der Waals surface area contributed by atoms with Crippen molar-refractivity contribution >= 4 is 23.2 Å². The number of nitrogens with one attached hydrogen (secondary N) is 2. The number of amides is 2. The summed E-state index contributed by atoms with van der Waals surface area (Å²) in [7, 11) is 0. The maximum atomic E-state index is 11.9. The van der Waals surface area contributed by atoms with E-state index in [1.54, 1.807) is 10.7 Å². The van der Waals surface area contributed by atoms with Gasteiger partial charge in [-0.15, -0.1) is 11.3 Å². The smallest absolute Gasteiger partial charge is 0.347 e. The molecule has 0 atom stereocenters. The zero-order chi connectivity index (χ0) is 17.6. The number of benzene rings is 1. The van der Waals surface area contributed by atoms with E-state index in [0.29, 0.717) is 5.69 Å². The second-order valence-electron chi connectivity index (χ2n) is 4.86. The van der Waals surface area contributed by atoms with Crippen LogP contribution in [0.2, 0.25) is 0 Å². The number of thiazole rings is 1. The van der Waals surface area contributed by atoms with E-state index in [1.807, 2.05) is 30.3 Å². The van der Waals surface area contributed by atoms with Gasteiger partial charge in [0.15, 0.2) is 0 Å². The molecule has 128 valence electrons. The molecular weight excluding hydrogens is 343 g/mol. The van der Waals surface area contributed by atoms with E-state index in [0.717, 1.165) is 10.6 Å². The highest BCUT2D eigenvalue weighted by molar-refractivity contribution is 7.13. The summed E-state index contributed by atoms with van der Waals surface area (Å²) in [5.41, 5.74) is 1.47. The number of hydrogen-bond acceptors (Lipinski definition) is 4. The average molecular weight is 357 g/mol. The van der Waals surface area contributed by atoms with Gasteiger partial charge in [0.1, 0.15) is 11.6 Å². The number of rotatable bonds is 6. The molecule has 1 heterocycles. The molecule has 0 fully saturated rings. The van der Waals surface area contributed by atoms with Crippen LogP contribution in [0.5, 0.6) is 0 Å². The lowest BCUT2D eigenvalue weighted by Crippen LogP contribution is -2.41. The summed E-state index contributed by atoms with van der Waals surface area (Å²) in [4.78, 5) is 27.2. The van der Waals surface area contributed by atoms with Crippen molar-refractivity contribution in [3.63, 3.8) is 0 Å². The minimum atomic E-state index is -4.48. The molecule has 1 aromatic carbocycles. The molecule has 0 spiro atoms. The fraction of sp³-hybridized carbons (Fsp3) is 0.267. The van der Waals surface area contributed by atoms with E-state index in [9.17, 15) is 22.8 Å². The SMILES string of the molecule is O=C(CNC(=O)Cc1csc(-c2ccccc2)n1)NCC(F)(F)F. The van der Waals surface area contributed by atoms with Crippen LogP contribution in [0.4, 0.5) is 13.2 Å². The fourth-order valence-corrected chi connectivity index (χ4v) is 2.59. The number of aromatic nitrogens is 1. The topological polar surface area (TPSA) is 71.1 Å². The maximum Gasteiger partial charge on any atom is 0.405 e. The molecule has 0 bridgehead atoms.